The van der Waals surface area contributed by atoms with Crippen molar-refractivity contribution in [3.63, 3.8) is 0 Å². The van der Waals surface area contributed by atoms with Gasteiger partial charge < -0.3 is 19.7 Å². The maximum Gasteiger partial charge on any atom is 0.319 e. The van der Waals surface area contributed by atoms with Crippen molar-refractivity contribution >= 4 is 27.5 Å². The number of pyridine rings is 1. The van der Waals surface area contributed by atoms with Crippen molar-refractivity contribution in [2.45, 2.75) is 68.5 Å². The van der Waals surface area contributed by atoms with Crippen LogP contribution in [0, 0.1) is 24.0 Å². The van der Waals surface area contributed by atoms with Crippen LogP contribution in [0.2, 0.25) is 0 Å². The maximum atomic E-state index is 17.1. The van der Waals surface area contributed by atoms with E-state index in [9.17, 15) is 8.78 Å². The molecule has 240 valence electrons. The third kappa shape index (κ3) is 4.14. The standard InChI is InChI=1S/C36H33F3N6O2/c1-4-23-25(38)10-8-20-6-5-7-24(27(20)23)30-29(39)31-28-33(45-16-22-9-11-26(40-22)32(45)19(3)47-34(28)41-30)43-35(42-31)46-17-36-14-21(37)15-44(36)13-12-18(36)2/h1,5-8,10,19,21-22,26,32,40H,2,9,11-17H2,3H3/t19-,21?,22+,26-,32+,36?/m0/s1. The smallest absolute Gasteiger partial charge is 0.319 e. The lowest BCUT2D eigenvalue weighted by Crippen LogP contribution is -2.62. The third-order valence-corrected chi connectivity index (χ3v) is 11.0. The van der Waals surface area contributed by atoms with Gasteiger partial charge in [0.1, 0.15) is 47.1 Å². The molecule has 0 spiro atoms. The van der Waals surface area contributed by atoms with Gasteiger partial charge in [0.2, 0.25) is 5.88 Å². The summed E-state index contributed by atoms with van der Waals surface area (Å²) in [5.41, 5.74) is 0.524. The molecular formula is C36H33F3N6O2. The molecule has 8 nitrogen and oxygen atoms in total. The summed E-state index contributed by atoms with van der Waals surface area (Å²) in [5, 5.41) is 5.08. The van der Waals surface area contributed by atoms with E-state index >= 15 is 4.39 Å². The van der Waals surface area contributed by atoms with Crippen molar-refractivity contribution in [1.82, 2.24) is 25.2 Å². The lowest BCUT2D eigenvalue weighted by atomic mass is 9.90. The zero-order valence-corrected chi connectivity index (χ0v) is 25.9. The maximum absolute atomic E-state index is 17.1. The van der Waals surface area contributed by atoms with Gasteiger partial charge in [0, 0.05) is 49.1 Å². The Morgan fingerprint density at radius 1 is 1.15 bits per heavy atom. The summed E-state index contributed by atoms with van der Waals surface area (Å²) in [6.45, 7) is 8.03. The number of terminal acetylenes is 1. The molecule has 4 fully saturated rings. The summed E-state index contributed by atoms with van der Waals surface area (Å²) >= 11 is 0. The predicted octanol–water partition coefficient (Wildman–Crippen LogP) is 5.32. The molecule has 0 aliphatic carbocycles. The number of hydrogen-bond acceptors (Lipinski definition) is 8. The largest absolute Gasteiger partial charge is 0.472 e. The van der Waals surface area contributed by atoms with Gasteiger partial charge in [-0.05, 0) is 37.6 Å². The minimum Gasteiger partial charge on any atom is -0.472 e. The Labute approximate surface area is 270 Å². The van der Waals surface area contributed by atoms with E-state index in [1.165, 1.54) is 6.07 Å². The van der Waals surface area contributed by atoms with Crippen molar-refractivity contribution < 1.29 is 22.6 Å². The number of ether oxygens (including phenoxy) is 2. The van der Waals surface area contributed by atoms with E-state index in [-0.39, 0.29) is 65.9 Å². The average Bonchev–Trinajstić information content (AvgIpc) is 3.68. The van der Waals surface area contributed by atoms with Gasteiger partial charge >= 0.3 is 6.01 Å². The van der Waals surface area contributed by atoms with E-state index in [1.807, 2.05) is 6.92 Å². The summed E-state index contributed by atoms with van der Waals surface area (Å²) in [6.07, 6.45) is 7.47. The van der Waals surface area contributed by atoms with Gasteiger partial charge in [-0.25, -0.2) is 18.2 Å². The minimum atomic E-state index is -0.986. The Balaban J connectivity index is 1.25. The molecule has 2 bridgehead atoms. The highest BCUT2D eigenvalue weighted by molar-refractivity contribution is 6.03. The first-order valence-electron chi connectivity index (χ1n) is 16.2. The molecule has 47 heavy (non-hydrogen) atoms. The molecular weight excluding hydrogens is 605 g/mol. The van der Waals surface area contributed by atoms with Crippen LogP contribution in [0.1, 0.15) is 38.2 Å². The van der Waals surface area contributed by atoms with E-state index < -0.39 is 23.3 Å². The molecule has 9 rings (SSSR count). The van der Waals surface area contributed by atoms with Gasteiger partial charge in [-0.1, -0.05) is 42.3 Å². The van der Waals surface area contributed by atoms with Gasteiger partial charge in [-0.3, -0.25) is 4.90 Å². The van der Waals surface area contributed by atoms with Gasteiger partial charge in [0.15, 0.2) is 5.82 Å². The number of nitrogens with zero attached hydrogens (tertiary/aromatic N) is 5. The number of piperazine rings is 1. The molecule has 4 saturated heterocycles. The van der Waals surface area contributed by atoms with Crippen LogP contribution in [0.15, 0.2) is 42.5 Å². The van der Waals surface area contributed by atoms with Crippen molar-refractivity contribution in [1.29, 1.82) is 0 Å². The van der Waals surface area contributed by atoms with Gasteiger partial charge in [-0.15, -0.1) is 6.42 Å². The molecule has 1 N–H and O–H groups in total. The Bertz CT molecular complexity index is 2050. The molecule has 0 amide bonds. The number of alkyl halides is 1. The summed E-state index contributed by atoms with van der Waals surface area (Å²) in [5.74, 6) is 1.82. The zero-order valence-electron chi connectivity index (χ0n) is 25.9. The molecule has 5 aliphatic rings. The van der Waals surface area contributed by atoms with Crippen LogP contribution in [0.3, 0.4) is 0 Å². The number of nitrogens with one attached hydrogen (secondary N) is 1. The van der Waals surface area contributed by atoms with Crippen molar-refractivity contribution in [2.24, 2.45) is 0 Å². The Kier molecular flexibility index (Phi) is 6.31. The normalized spacial score (nSPS) is 29.5. The fourth-order valence-corrected chi connectivity index (χ4v) is 8.81. The monoisotopic (exact) mass is 638 g/mol. The van der Waals surface area contributed by atoms with E-state index in [2.05, 4.69) is 32.6 Å². The molecule has 0 saturated carbocycles. The quantitative estimate of drug-likeness (QED) is 0.238. The Morgan fingerprint density at radius 3 is 2.87 bits per heavy atom. The minimum absolute atomic E-state index is 0.0155. The molecule has 5 aliphatic heterocycles. The lowest BCUT2D eigenvalue weighted by Gasteiger charge is -2.42. The molecule has 0 radical (unpaired) electrons. The van der Waals surface area contributed by atoms with E-state index in [1.54, 1.807) is 24.3 Å². The number of anilines is 1. The summed E-state index contributed by atoms with van der Waals surface area (Å²) in [7, 11) is 0. The van der Waals surface area contributed by atoms with Crippen LogP contribution in [0.4, 0.5) is 19.0 Å². The number of hydrogen-bond donors (Lipinski definition) is 1. The fourth-order valence-electron chi connectivity index (χ4n) is 8.81. The van der Waals surface area contributed by atoms with E-state index in [0.717, 1.165) is 24.8 Å². The highest BCUT2D eigenvalue weighted by atomic mass is 19.1. The number of aromatic nitrogens is 3. The van der Waals surface area contributed by atoms with Crippen molar-refractivity contribution in [3.8, 4) is 35.5 Å². The Morgan fingerprint density at radius 2 is 2.02 bits per heavy atom. The van der Waals surface area contributed by atoms with Gasteiger partial charge in [0.05, 0.1) is 17.1 Å². The van der Waals surface area contributed by atoms with E-state index in [0.29, 0.717) is 47.2 Å². The fraction of sp³-hybridized carbons (Fsp3) is 0.417. The van der Waals surface area contributed by atoms with Crippen LogP contribution in [-0.2, 0) is 0 Å². The summed E-state index contributed by atoms with van der Waals surface area (Å²) < 4.78 is 59.6. The van der Waals surface area contributed by atoms with Crippen LogP contribution in [0.25, 0.3) is 32.9 Å². The van der Waals surface area contributed by atoms with Gasteiger partial charge in [-0.2, -0.15) is 9.97 Å². The molecule has 4 aromatic rings. The first-order valence-corrected chi connectivity index (χ1v) is 16.2. The van der Waals surface area contributed by atoms with Crippen molar-refractivity contribution in [2.75, 3.05) is 31.1 Å². The summed E-state index contributed by atoms with van der Waals surface area (Å²) in [6, 6.07) is 8.41. The summed E-state index contributed by atoms with van der Waals surface area (Å²) in [4.78, 5) is 18.6. The third-order valence-electron chi connectivity index (χ3n) is 11.0. The second-order valence-corrected chi connectivity index (χ2v) is 13.5. The number of halogens is 3. The molecule has 2 aromatic carbocycles. The topological polar surface area (TPSA) is 75.6 Å². The molecule has 7 heterocycles. The number of rotatable bonds is 4. The van der Waals surface area contributed by atoms with Crippen LogP contribution < -0.4 is 19.7 Å². The molecule has 6 atom stereocenters. The number of fused-ring (bicyclic) bond motifs is 7. The van der Waals surface area contributed by atoms with Crippen LogP contribution >= 0.6 is 0 Å². The average molecular weight is 639 g/mol. The van der Waals surface area contributed by atoms with Gasteiger partial charge in [0.25, 0.3) is 0 Å². The highest BCUT2D eigenvalue weighted by Crippen LogP contribution is 2.46. The lowest BCUT2D eigenvalue weighted by molar-refractivity contribution is 0.130. The first kappa shape index (κ1) is 28.8. The van der Waals surface area contributed by atoms with E-state index in [4.69, 9.17) is 25.9 Å². The zero-order chi connectivity index (χ0) is 32.2. The molecule has 2 unspecified atom stereocenters. The predicted molar refractivity (Wildman–Crippen MR) is 172 cm³/mol. The number of benzene rings is 2. The van der Waals surface area contributed by atoms with Crippen LogP contribution in [0.5, 0.6) is 11.9 Å². The van der Waals surface area contributed by atoms with Crippen LogP contribution in [-0.4, -0.2) is 82.0 Å². The Hall–Kier alpha value is -4.40. The van der Waals surface area contributed by atoms with Crippen molar-refractivity contribution in [3.05, 3.63) is 59.7 Å². The first-order chi connectivity index (χ1) is 22.8. The second-order valence-electron chi connectivity index (χ2n) is 13.5. The molecule has 11 heteroatoms. The SMILES string of the molecule is C#Cc1c(F)ccc2cccc(-c3nc4c5c(nc(OCC67CC(F)CN6CCC7=C)nc5c3F)N3C[C@H]5CC[C@H](N5)[C@H]3[C@H](C)O4)c12. The highest BCUT2D eigenvalue weighted by Gasteiger charge is 2.52. The molecule has 2 aromatic heterocycles. The second kappa shape index (κ2) is 10.3.